The third-order valence-electron chi connectivity index (χ3n) is 4.45. The largest absolute Gasteiger partial charge is 0.384 e. The molecule has 0 aromatic heterocycles. The van der Waals surface area contributed by atoms with E-state index in [1.165, 1.54) is 5.56 Å². The summed E-state index contributed by atoms with van der Waals surface area (Å²) in [6.07, 6.45) is 4.29. The lowest BCUT2D eigenvalue weighted by atomic mass is 10.1. The van der Waals surface area contributed by atoms with E-state index >= 15 is 0 Å². The molecule has 0 atom stereocenters. The minimum atomic E-state index is -3.38. The molecule has 1 aromatic rings. The lowest BCUT2D eigenvalue weighted by Crippen LogP contribution is -2.30. The monoisotopic (exact) mass is 280 g/mol. The number of anilines is 1. The van der Waals surface area contributed by atoms with Crippen LogP contribution in [-0.2, 0) is 16.4 Å². The summed E-state index contributed by atoms with van der Waals surface area (Å²) in [6.45, 7) is 3.59. The Kier molecular flexibility index (Phi) is 3.06. The molecule has 5 heteroatoms. The summed E-state index contributed by atoms with van der Waals surface area (Å²) in [5.74, 6) is 0. The number of sulfonamides is 1. The van der Waals surface area contributed by atoms with Gasteiger partial charge in [0, 0.05) is 18.8 Å². The van der Waals surface area contributed by atoms with Crippen molar-refractivity contribution >= 4 is 15.7 Å². The van der Waals surface area contributed by atoms with Crippen LogP contribution in [0.25, 0.3) is 0 Å². The molecule has 2 aliphatic rings. The molecule has 1 saturated carbocycles. The van der Waals surface area contributed by atoms with E-state index < -0.39 is 10.0 Å². The third-order valence-corrected chi connectivity index (χ3v) is 5.84. The van der Waals surface area contributed by atoms with Gasteiger partial charge in [0.1, 0.15) is 0 Å². The Labute approximate surface area is 114 Å². The minimum absolute atomic E-state index is 0.224. The molecule has 0 bridgehead atoms. The van der Waals surface area contributed by atoms with Gasteiger partial charge in [-0.15, -0.1) is 0 Å². The first kappa shape index (κ1) is 12.9. The first-order valence-electron chi connectivity index (χ1n) is 6.91. The van der Waals surface area contributed by atoms with Gasteiger partial charge in [-0.25, -0.2) is 13.1 Å². The fourth-order valence-electron chi connectivity index (χ4n) is 2.60. The standard InChI is InChI=1S/C14H20N2O2S/c1-2-14(6-7-14)10-16-19(17,18)12-4-3-11-5-8-15-13(11)9-12/h3-4,9,15-16H,2,5-8,10H2,1H3. The van der Waals surface area contributed by atoms with Gasteiger partial charge in [0.2, 0.25) is 10.0 Å². The van der Waals surface area contributed by atoms with Crippen LogP contribution in [0.1, 0.15) is 31.7 Å². The first-order chi connectivity index (χ1) is 9.05. The van der Waals surface area contributed by atoms with Crippen LogP contribution in [0.4, 0.5) is 5.69 Å². The molecule has 19 heavy (non-hydrogen) atoms. The summed E-state index contributed by atoms with van der Waals surface area (Å²) in [6, 6.07) is 5.37. The van der Waals surface area contributed by atoms with Gasteiger partial charge in [-0.2, -0.15) is 0 Å². The molecule has 0 unspecified atom stereocenters. The summed E-state index contributed by atoms with van der Waals surface area (Å²) < 4.78 is 27.3. The molecule has 0 saturated heterocycles. The van der Waals surface area contributed by atoms with Crippen molar-refractivity contribution in [1.29, 1.82) is 0 Å². The van der Waals surface area contributed by atoms with Crippen molar-refractivity contribution in [2.75, 3.05) is 18.4 Å². The molecule has 1 fully saturated rings. The third kappa shape index (κ3) is 2.49. The molecule has 104 valence electrons. The number of hydrogen-bond donors (Lipinski definition) is 2. The second-order valence-corrected chi connectivity index (χ2v) is 7.44. The van der Waals surface area contributed by atoms with Gasteiger partial charge in [-0.05, 0) is 48.8 Å². The first-order valence-corrected chi connectivity index (χ1v) is 8.39. The molecule has 0 amide bonds. The number of rotatable bonds is 5. The number of fused-ring (bicyclic) bond motifs is 1. The Morgan fingerprint density at radius 1 is 1.37 bits per heavy atom. The topological polar surface area (TPSA) is 58.2 Å². The maximum atomic E-state index is 12.3. The average Bonchev–Trinajstić information content (AvgIpc) is 3.05. The van der Waals surface area contributed by atoms with E-state index in [0.29, 0.717) is 11.4 Å². The SMILES string of the molecule is CCC1(CNS(=O)(=O)c2ccc3c(c2)NCC3)CC1. The zero-order valence-corrected chi connectivity index (χ0v) is 12.0. The van der Waals surface area contributed by atoms with Crippen LogP contribution >= 0.6 is 0 Å². The molecule has 2 N–H and O–H groups in total. The van der Waals surface area contributed by atoms with Crippen LogP contribution in [0.15, 0.2) is 23.1 Å². The van der Waals surface area contributed by atoms with Crippen LogP contribution < -0.4 is 10.0 Å². The second-order valence-electron chi connectivity index (χ2n) is 5.67. The van der Waals surface area contributed by atoms with Crippen LogP contribution in [0, 0.1) is 5.41 Å². The molecular weight excluding hydrogens is 260 g/mol. The lowest BCUT2D eigenvalue weighted by Gasteiger charge is -2.14. The van der Waals surface area contributed by atoms with Crippen molar-refractivity contribution in [2.24, 2.45) is 5.41 Å². The van der Waals surface area contributed by atoms with Gasteiger partial charge >= 0.3 is 0 Å². The smallest absolute Gasteiger partial charge is 0.240 e. The van der Waals surface area contributed by atoms with Crippen molar-refractivity contribution in [3.05, 3.63) is 23.8 Å². The van der Waals surface area contributed by atoms with Gasteiger partial charge in [0.15, 0.2) is 0 Å². The highest BCUT2D eigenvalue weighted by atomic mass is 32.2. The summed E-state index contributed by atoms with van der Waals surface area (Å²) in [7, 11) is -3.38. The van der Waals surface area contributed by atoms with Crippen LogP contribution in [0.3, 0.4) is 0 Å². The van der Waals surface area contributed by atoms with Crippen molar-refractivity contribution in [1.82, 2.24) is 4.72 Å². The van der Waals surface area contributed by atoms with Crippen LogP contribution in [0.2, 0.25) is 0 Å². The van der Waals surface area contributed by atoms with E-state index in [9.17, 15) is 8.42 Å². The number of hydrogen-bond acceptors (Lipinski definition) is 3. The molecule has 1 heterocycles. The van der Waals surface area contributed by atoms with E-state index in [1.807, 2.05) is 6.07 Å². The average molecular weight is 280 g/mol. The van der Waals surface area contributed by atoms with Crippen molar-refractivity contribution in [2.45, 2.75) is 37.5 Å². The van der Waals surface area contributed by atoms with Crippen molar-refractivity contribution in [3.63, 3.8) is 0 Å². The molecule has 0 spiro atoms. The van der Waals surface area contributed by atoms with E-state index in [2.05, 4.69) is 17.0 Å². The van der Waals surface area contributed by atoms with E-state index in [4.69, 9.17) is 0 Å². The second kappa shape index (κ2) is 4.49. The minimum Gasteiger partial charge on any atom is -0.384 e. The van der Waals surface area contributed by atoms with Crippen LogP contribution in [-0.4, -0.2) is 21.5 Å². The fourth-order valence-corrected chi connectivity index (χ4v) is 3.78. The van der Waals surface area contributed by atoms with E-state index in [1.54, 1.807) is 12.1 Å². The fraction of sp³-hybridized carbons (Fsp3) is 0.571. The Morgan fingerprint density at radius 2 is 2.16 bits per heavy atom. The predicted molar refractivity (Wildman–Crippen MR) is 75.8 cm³/mol. The molecule has 1 aliphatic carbocycles. The summed E-state index contributed by atoms with van der Waals surface area (Å²) in [4.78, 5) is 0.368. The van der Waals surface area contributed by atoms with E-state index in [0.717, 1.165) is 37.9 Å². The normalized spacial score (nSPS) is 19.8. The van der Waals surface area contributed by atoms with Crippen molar-refractivity contribution < 1.29 is 8.42 Å². The molecule has 3 rings (SSSR count). The molecule has 0 radical (unpaired) electrons. The zero-order valence-electron chi connectivity index (χ0n) is 11.2. The van der Waals surface area contributed by atoms with Gasteiger partial charge in [0.05, 0.1) is 4.90 Å². The molecule has 4 nitrogen and oxygen atoms in total. The summed E-state index contributed by atoms with van der Waals surface area (Å²) in [5, 5.41) is 3.22. The van der Waals surface area contributed by atoms with Crippen molar-refractivity contribution in [3.8, 4) is 0 Å². The quantitative estimate of drug-likeness (QED) is 0.868. The highest BCUT2D eigenvalue weighted by molar-refractivity contribution is 7.89. The summed E-state index contributed by atoms with van der Waals surface area (Å²) in [5.41, 5.74) is 2.38. The lowest BCUT2D eigenvalue weighted by molar-refractivity contribution is 0.475. The molecule has 1 aliphatic heterocycles. The summed E-state index contributed by atoms with van der Waals surface area (Å²) >= 11 is 0. The van der Waals surface area contributed by atoms with Gasteiger partial charge in [0.25, 0.3) is 0 Å². The maximum Gasteiger partial charge on any atom is 0.240 e. The zero-order chi connectivity index (χ0) is 13.5. The highest BCUT2D eigenvalue weighted by Crippen LogP contribution is 2.48. The van der Waals surface area contributed by atoms with Gasteiger partial charge < -0.3 is 5.32 Å². The van der Waals surface area contributed by atoms with Crippen LogP contribution in [0.5, 0.6) is 0 Å². The Hall–Kier alpha value is -1.07. The maximum absolute atomic E-state index is 12.3. The Bertz CT molecular complexity index is 591. The number of benzene rings is 1. The van der Waals surface area contributed by atoms with E-state index in [-0.39, 0.29) is 5.41 Å². The molecular formula is C14H20N2O2S. The Balaban J connectivity index is 1.76. The highest BCUT2D eigenvalue weighted by Gasteiger charge is 2.41. The predicted octanol–water partition coefficient (Wildman–Crippen LogP) is 2.12. The Morgan fingerprint density at radius 3 is 2.84 bits per heavy atom. The van der Waals surface area contributed by atoms with Gasteiger partial charge in [-0.1, -0.05) is 13.0 Å². The molecule has 1 aromatic carbocycles. The number of nitrogens with one attached hydrogen (secondary N) is 2. The van der Waals surface area contributed by atoms with Gasteiger partial charge in [-0.3, -0.25) is 0 Å².